The predicted octanol–water partition coefficient (Wildman–Crippen LogP) is 4.28. The number of fused-ring (bicyclic) bond motifs is 2. The first-order valence-electron chi connectivity index (χ1n) is 8.93. The summed E-state index contributed by atoms with van der Waals surface area (Å²) in [7, 11) is 0. The van der Waals surface area contributed by atoms with E-state index in [4.69, 9.17) is 4.74 Å². The van der Waals surface area contributed by atoms with E-state index >= 15 is 0 Å². The molecule has 2 heterocycles. The standard InChI is InChI=1S/C22H21FO3/c1-12-10-15(14-4-6-16(23)7-5-14)11-13(2)18(12)19-20(24)17-8-9-22(3,26-17)21(19)25/h4-7,10-11,17,19H,8-9H2,1-3H3/t17-,19?,22+/m0/s1. The van der Waals surface area contributed by atoms with Gasteiger partial charge in [-0.05, 0) is 73.6 Å². The van der Waals surface area contributed by atoms with E-state index in [0.717, 1.165) is 27.8 Å². The number of rotatable bonds is 2. The SMILES string of the molecule is Cc1cc(-c2ccc(F)cc2)cc(C)c1C1C(=O)[C@@H]2CC[C@@](C)(O2)C1=O. The summed E-state index contributed by atoms with van der Waals surface area (Å²) < 4.78 is 18.9. The molecule has 2 bridgehead atoms. The molecule has 0 N–H and O–H groups in total. The minimum atomic E-state index is -0.849. The second kappa shape index (κ2) is 5.85. The van der Waals surface area contributed by atoms with Gasteiger partial charge in [0, 0.05) is 0 Å². The molecule has 0 amide bonds. The highest BCUT2D eigenvalue weighted by atomic mass is 19.1. The summed E-state index contributed by atoms with van der Waals surface area (Å²) in [5, 5.41) is 0. The van der Waals surface area contributed by atoms with Crippen molar-refractivity contribution in [3.05, 3.63) is 58.9 Å². The Morgan fingerprint density at radius 2 is 1.65 bits per heavy atom. The van der Waals surface area contributed by atoms with Crippen LogP contribution < -0.4 is 0 Å². The fraction of sp³-hybridized carbons (Fsp3) is 0.364. The lowest BCUT2D eigenvalue weighted by atomic mass is 9.77. The van der Waals surface area contributed by atoms with Crippen molar-refractivity contribution >= 4 is 11.6 Å². The van der Waals surface area contributed by atoms with Crippen LogP contribution in [0.25, 0.3) is 11.1 Å². The van der Waals surface area contributed by atoms with Crippen LogP contribution in [0.2, 0.25) is 0 Å². The van der Waals surface area contributed by atoms with Crippen LogP contribution in [-0.2, 0) is 14.3 Å². The van der Waals surface area contributed by atoms with Crippen LogP contribution in [0.4, 0.5) is 4.39 Å². The molecular formula is C22H21FO3. The largest absolute Gasteiger partial charge is 0.356 e. The van der Waals surface area contributed by atoms with Crippen molar-refractivity contribution in [3.8, 4) is 11.1 Å². The molecule has 2 aromatic carbocycles. The molecule has 0 aliphatic carbocycles. The van der Waals surface area contributed by atoms with Crippen LogP contribution >= 0.6 is 0 Å². The number of ether oxygens (including phenoxy) is 1. The predicted molar refractivity (Wildman–Crippen MR) is 96.6 cm³/mol. The van der Waals surface area contributed by atoms with Crippen molar-refractivity contribution in [3.63, 3.8) is 0 Å². The minimum absolute atomic E-state index is 0.120. The van der Waals surface area contributed by atoms with Gasteiger partial charge in [0.2, 0.25) is 0 Å². The van der Waals surface area contributed by atoms with E-state index in [1.54, 1.807) is 19.1 Å². The van der Waals surface area contributed by atoms with Gasteiger partial charge in [-0.3, -0.25) is 9.59 Å². The maximum atomic E-state index is 13.2. The Balaban J connectivity index is 1.79. The van der Waals surface area contributed by atoms with Crippen molar-refractivity contribution in [1.29, 1.82) is 0 Å². The van der Waals surface area contributed by atoms with E-state index < -0.39 is 17.6 Å². The number of ketones is 2. The van der Waals surface area contributed by atoms with Crippen molar-refractivity contribution < 1.29 is 18.7 Å². The molecular weight excluding hydrogens is 331 g/mol. The Morgan fingerprint density at radius 3 is 2.27 bits per heavy atom. The van der Waals surface area contributed by atoms with Gasteiger partial charge in [-0.2, -0.15) is 0 Å². The molecule has 0 aromatic heterocycles. The molecule has 0 radical (unpaired) electrons. The Labute approximate surface area is 152 Å². The van der Waals surface area contributed by atoms with Gasteiger partial charge >= 0.3 is 0 Å². The second-order valence-electron chi connectivity index (χ2n) is 7.61. The normalized spacial score (nSPS) is 27.8. The van der Waals surface area contributed by atoms with Gasteiger partial charge < -0.3 is 4.74 Å². The summed E-state index contributed by atoms with van der Waals surface area (Å²) >= 11 is 0. The smallest absolute Gasteiger partial charge is 0.179 e. The summed E-state index contributed by atoms with van der Waals surface area (Å²) in [4.78, 5) is 25.9. The summed E-state index contributed by atoms with van der Waals surface area (Å²) in [6, 6.07) is 10.3. The number of hydrogen-bond acceptors (Lipinski definition) is 3. The molecule has 4 rings (SSSR count). The maximum absolute atomic E-state index is 13.2. The first-order valence-corrected chi connectivity index (χ1v) is 8.93. The number of halogens is 1. The number of hydrogen-bond donors (Lipinski definition) is 0. The van der Waals surface area contributed by atoms with Crippen molar-refractivity contribution in [2.75, 3.05) is 0 Å². The van der Waals surface area contributed by atoms with Gasteiger partial charge in [0.25, 0.3) is 0 Å². The van der Waals surface area contributed by atoms with Crippen LogP contribution in [-0.4, -0.2) is 23.3 Å². The van der Waals surface area contributed by atoms with Crippen LogP contribution in [0.3, 0.4) is 0 Å². The summed E-state index contributed by atoms with van der Waals surface area (Å²) in [6.45, 7) is 5.65. The molecule has 2 aliphatic heterocycles. The van der Waals surface area contributed by atoms with Gasteiger partial charge in [0.1, 0.15) is 23.4 Å². The lowest BCUT2D eigenvalue weighted by Gasteiger charge is -2.34. The quantitative estimate of drug-likeness (QED) is 0.758. The third-order valence-electron chi connectivity index (χ3n) is 5.73. The lowest BCUT2D eigenvalue weighted by Crippen LogP contribution is -2.49. The van der Waals surface area contributed by atoms with Crippen molar-refractivity contribution in [2.45, 2.75) is 51.2 Å². The fourth-order valence-corrected chi connectivity index (χ4v) is 4.35. The van der Waals surface area contributed by atoms with Crippen LogP contribution in [0.5, 0.6) is 0 Å². The molecule has 3 nitrogen and oxygen atoms in total. The van der Waals surface area contributed by atoms with E-state index in [-0.39, 0.29) is 17.4 Å². The molecule has 0 spiro atoms. The third kappa shape index (κ3) is 2.52. The molecule has 2 aromatic rings. The summed E-state index contributed by atoms with van der Waals surface area (Å²) in [5.41, 5.74) is 3.61. The number of carbonyl (C=O) groups is 2. The first-order chi connectivity index (χ1) is 12.3. The highest BCUT2D eigenvalue weighted by Crippen LogP contribution is 2.44. The van der Waals surface area contributed by atoms with Gasteiger partial charge in [0.05, 0.1) is 0 Å². The average Bonchev–Trinajstić information content (AvgIpc) is 2.97. The average molecular weight is 352 g/mol. The molecule has 2 aliphatic rings. The monoisotopic (exact) mass is 352 g/mol. The van der Waals surface area contributed by atoms with Crippen LogP contribution in [0.1, 0.15) is 42.4 Å². The Hall–Kier alpha value is -2.33. The highest BCUT2D eigenvalue weighted by Gasteiger charge is 2.56. The summed E-state index contributed by atoms with van der Waals surface area (Å²) in [6.07, 6.45) is 0.742. The molecule has 2 fully saturated rings. The van der Waals surface area contributed by atoms with Crippen molar-refractivity contribution in [1.82, 2.24) is 0 Å². The third-order valence-corrected chi connectivity index (χ3v) is 5.73. The van der Waals surface area contributed by atoms with E-state index in [1.165, 1.54) is 12.1 Å². The molecule has 4 heteroatoms. The molecule has 3 atom stereocenters. The molecule has 2 saturated heterocycles. The molecule has 1 unspecified atom stereocenters. The molecule has 0 saturated carbocycles. The van der Waals surface area contributed by atoms with Gasteiger partial charge in [0.15, 0.2) is 11.6 Å². The van der Waals surface area contributed by atoms with E-state index in [2.05, 4.69) is 0 Å². The number of carbonyl (C=O) groups excluding carboxylic acids is 2. The van der Waals surface area contributed by atoms with Gasteiger partial charge in [-0.15, -0.1) is 0 Å². The van der Waals surface area contributed by atoms with Gasteiger partial charge in [-0.1, -0.05) is 24.3 Å². The number of benzene rings is 2. The zero-order valence-electron chi connectivity index (χ0n) is 15.1. The number of aryl methyl sites for hydroxylation is 2. The second-order valence-corrected chi connectivity index (χ2v) is 7.61. The first kappa shape index (κ1) is 17.1. The van der Waals surface area contributed by atoms with Gasteiger partial charge in [-0.25, -0.2) is 4.39 Å². The van der Waals surface area contributed by atoms with E-state index in [9.17, 15) is 14.0 Å². The lowest BCUT2D eigenvalue weighted by molar-refractivity contribution is -0.160. The zero-order valence-corrected chi connectivity index (χ0v) is 15.1. The van der Waals surface area contributed by atoms with Crippen LogP contribution in [0.15, 0.2) is 36.4 Å². The van der Waals surface area contributed by atoms with E-state index in [0.29, 0.717) is 12.8 Å². The summed E-state index contributed by atoms with van der Waals surface area (Å²) in [5.74, 6) is -1.27. The Kier molecular flexibility index (Phi) is 3.85. The zero-order chi connectivity index (χ0) is 18.6. The maximum Gasteiger partial charge on any atom is 0.179 e. The molecule has 134 valence electrons. The fourth-order valence-electron chi connectivity index (χ4n) is 4.35. The van der Waals surface area contributed by atoms with Crippen LogP contribution in [0, 0.1) is 19.7 Å². The molecule has 26 heavy (non-hydrogen) atoms. The topological polar surface area (TPSA) is 43.4 Å². The highest BCUT2D eigenvalue weighted by molar-refractivity contribution is 6.15. The Morgan fingerprint density at radius 1 is 1.04 bits per heavy atom. The minimum Gasteiger partial charge on any atom is -0.356 e. The van der Waals surface area contributed by atoms with Crippen molar-refractivity contribution in [2.24, 2.45) is 0 Å². The number of Topliss-reactive ketones (excluding diaryl/α,β-unsaturated/α-hetero) is 2. The Bertz CT molecular complexity index is 892. The van der Waals surface area contributed by atoms with E-state index in [1.807, 2.05) is 26.0 Å².